The van der Waals surface area contributed by atoms with Crippen molar-refractivity contribution in [2.75, 3.05) is 0 Å². The molecule has 0 N–H and O–H groups in total. The Balaban J connectivity index is 1.67. The highest BCUT2D eigenvalue weighted by atomic mass is 19.4. The average molecular weight is 365 g/mol. The third-order valence-corrected chi connectivity index (χ3v) is 5.08. The molecule has 0 bridgehead atoms. The van der Waals surface area contributed by atoms with Crippen LogP contribution in [0.2, 0.25) is 0 Å². The second-order valence-corrected chi connectivity index (χ2v) is 7.26. The van der Waals surface area contributed by atoms with Crippen LogP contribution in [-0.2, 0) is 11.6 Å². The number of aliphatic imine (C=N–C) groups is 1. The van der Waals surface area contributed by atoms with Gasteiger partial charge >= 0.3 is 6.18 Å². The lowest BCUT2D eigenvalue weighted by Gasteiger charge is -2.22. The molecule has 0 unspecified atom stereocenters. The lowest BCUT2D eigenvalue weighted by Crippen LogP contribution is -2.24. The molecule has 1 aliphatic heterocycles. The molecule has 4 heteroatoms. The van der Waals surface area contributed by atoms with Gasteiger partial charge in [0.1, 0.15) is 0 Å². The van der Waals surface area contributed by atoms with Crippen LogP contribution in [0, 0.1) is 0 Å². The van der Waals surface area contributed by atoms with Crippen LogP contribution in [0.1, 0.15) is 30.5 Å². The first-order valence-electron chi connectivity index (χ1n) is 8.73. The first-order chi connectivity index (χ1) is 12.8. The highest BCUT2D eigenvalue weighted by Crippen LogP contribution is 2.44. The summed E-state index contributed by atoms with van der Waals surface area (Å²) in [4.78, 5) is 4.78. The maximum atomic E-state index is 12.7. The molecule has 0 saturated carbocycles. The lowest BCUT2D eigenvalue weighted by molar-refractivity contribution is -0.137. The second-order valence-electron chi connectivity index (χ2n) is 7.26. The van der Waals surface area contributed by atoms with Gasteiger partial charge in [-0.1, -0.05) is 62.4 Å². The van der Waals surface area contributed by atoms with Crippen LogP contribution in [0.25, 0.3) is 16.8 Å². The number of fused-ring (bicyclic) bond motifs is 3. The summed E-state index contributed by atoms with van der Waals surface area (Å²) in [6.45, 7) is 4.25. The molecule has 1 nitrogen and oxygen atoms in total. The van der Waals surface area contributed by atoms with E-state index in [4.69, 9.17) is 4.99 Å². The Morgan fingerprint density at radius 1 is 0.852 bits per heavy atom. The summed E-state index contributed by atoms with van der Waals surface area (Å²) in [5, 5.41) is 2.36. The number of benzene rings is 3. The lowest BCUT2D eigenvalue weighted by atomic mass is 9.79. The van der Waals surface area contributed by atoms with E-state index in [2.05, 4.69) is 32.0 Å². The molecule has 0 radical (unpaired) electrons. The minimum atomic E-state index is -4.32. The van der Waals surface area contributed by atoms with Crippen molar-refractivity contribution in [1.82, 2.24) is 0 Å². The van der Waals surface area contributed by atoms with Crippen molar-refractivity contribution in [2.45, 2.75) is 25.4 Å². The fourth-order valence-corrected chi connectivity index (χ4v) is 3.61. The van der Waals surface area contributed by atoms with Crippen molar-refractivity contribution < 1.29 is 13.2 Å². The van der Waals surface area contributed by atoms with E-state index in [0.717, 1.165) is 23.5 Å². The van der Waals surface area contributed by atoms with Gasteiger partial charge in [-0.3, -0.25) is 4.99 Å². The molecule has 0 aliphatic carbocycles. The third kappa shape index (κ3) is 3.05. The molecule has 3 aromatic carbocycles. The molecule has 1 aliphatic rings. The van der Waals surface area contributed by atoms with E-state index in [-0.39, 0.29) is 5.41 Å². The number of alkyl halides is 3. The van der Waals surface area contributed by atoms with Crippen LogP contribution in [0.15, 0.2) is 71.7 Å². The van der Waals surface area contributed by atoms with E-state index in [0.29, 0.717) is 5.56 Å². The second kappa shape index (κ2) is 6.08. The van der Waals surface area contributed by atoms with Crippen LogP contribution < -0.4 is 0 Å². The summed E-state index contributed by atoms with van der Waals surface area (Å²) in [6, 6.07) is 17.5. The van der Waals surface area contributed by atoms with Gasteiger partial charge in [0.15, 0.2) is 0 Å². The van der Waals surface area contributed by atoms with Crippen LogP contribution >= 0.6 is 0 Å². The molecular formula is C23H18F3N. The smallest absolute Gasteiger partial charge is 0.252 e. The molecular weight excluding hydrogens is 347 g/mol. The van der Waals surface area contributed by atoms with Crippen LogP contribution in [0.5, 0.6) is 0 Å². The maximum absolute atomic E-state index is 12.7. The molecule has 0 aromatic heterocycles. The van der Waals surface area contributed by atoms with Gasteiger partial charge in [-0.25, -0.2) is 0 Å². The zero-order valence-electron chi connectivity index (χ0n) is 15.0. The van der Waals surface area contributed by atoms with E-state index in [1.54, 1.807) is 0 Å². The molecule has 0 amide bonds. The van der Waals surface area contributed by atoms with Gasteiger partial charge in [-0.2, -0.15) is 13.2 Å². The Labute approximate surface area is 155 Å². The van der Waals surface area contributed by atoms with Crippen molar-refractivity contribution in [2.24, 2.45) is 4.99 Å². The zero-order valence-corrected chi connectivity index (χ0v) is 15.0. The number of rotatable bonds is 2. The predicted octanol–water partition coefficient (Wildman–Crippen LogP) is 6.94. The van der Waals surface area contributed by atoms with Crippen molar-refractivity contribution in [3.05, 3.63) is 83.4 Å². The predicted molar refractivity (Wildman–Crippen MR) is 105 cm³/mol. The first-order valence-corrected chi connectivity index (χ1v) is 8.73. The van der Waals surface area contributed by atoms with Crippen LogP contribution in [0.3, 0.4) is 0 Å². The van der Waals surface area contributed by atoms with Gasteiger partial charge in [0.05, 0.1) is 17.0 Å². The number of hydrogen-bond donors (Lipinski definition) is 0. The normalized spacial score (nSPS) is 16.0. The standard InChI is InChI=1S/C23H18F3N/c1-22(2)20(14-9-15-7-11-17(12-8-15)23(24,25)26)27-19-13-10-16-5-3-4-6-18(16)21(19)22/h3-14H,1-2H3/b14-9+. The molecule has 0 atom stereocenters. The first kappa shape index (κ1) is 17.5. The van der Waals surface area contributed by atoms with Gasteiger partial charge in [0.25, 0.3) is 0 Å². The average Bonchev–Trinajstić information content (AvgIpc) is 2.90. The van der Waals surface area contributed by atoms with Crippen molar-refractivity contribution in [1.29, 1.82) is 0 Å². The van der Waals surface area contributed by atoms with Crippen molar-refractivity contribution in [3.8, 4) is 0 Å². The molecule has 4 rings (SSSR count). The van der Waals surface area contributed by atoms with Gasteiger partial charge in [-0.05, 0) is 46.2 Å². The number of hydrogen-bond acceptors (Lipinski definition) is 1. The molecule has 27 heavy (non-hydrogen) atoms. The molecule has 1 heterocycles. The van der Waals surface area contributed by atoms with E-state index in [1.807, 2.05) is 30.4 Å². The zero-order chi connectivity index (χ0) is 19.2. The summed E-state index contributed by atoms with van der Waals surface area (Å²) < 4.78 is 38.1. The third-order valence-electron chi connectivity index (χ3n) is 5.08. The Kier molecular flexibility index (Phi) is 3.95. The number of halogens is 3. The Hall–Kier alpha value is -2.88. The Morgan fingerprint density at radius 2 is 1.56 bits per heavy atom. The summed E-state index contributed by atoms with van der Waals surface area (Å²) in [5.41, 5.74) is 2.82. The Morgan fingerprint density at radius 3 is 2.26 bits per heavy atom. The summed E-state index contributed by atoms with van der Waals surface area (Å²) in [6.07, 6.45) is -0.603. The molecule has 0 spiro atoms. The summed E-state index contributed by atoms with van der Waals surface area (Å²) >= 11 is 0. The van der Waals surface area contributed by atoms with Gasteiger partial charge < -0.3 is 0 Å². The van der Waals surface area contributed by atoms with Gasteiger partial charge in [0.2, 0.25) is 0 Å². The van der Waals surface area contributed by atoms with E-state index >= 15 is 0 Å². The van der Waals surface area contributed by atoms with Crippen LogP contribution in [0.4, 0.5) is 18.9 Å². The number of allylic oxidation sites excluding steroid dienone is 1. The summed E-state index contributed by atoms with van der Waals surface area (Å²) in [7, 11) is 0. The minimum absolute atomic E-state index is 0.279. The quantitative estimate of drug-likeness (QED) is 0.467. The highest BCUT2D eigenvalue weighted by Gasteiger charge is 2.35. The summed E-state index contributed by atoms with van der Waals surface area (Å²) in [5.74, 6) is 0. The van der Waals surface area contributed by atoms with Gasteiger partial charge in [-0.15, -0.1) is 0 Å². The largest absolute Gasteiger partial charge is 0.416 e. The minimum Gasteiger partial charge on any atom is -0.252 e. The highest BCUT2D eigenvalue weighted by molar-refractivity contribution is 6.13. The molecule has 136 valence electrons. The molecule has 0 saturated heterocycles. The topological polar surface area (TPSA) is 12.4 Å². The fraction of sp³-hybridized carbons (Fsp3) is 0.174. The fourth-order valence-electron chi connectivity index (χ4n) is 3.61. The monoisotopic (exact) mass is 365 g/mol. The van der Waals surface area contributed by atoms with Crippen molar-refractivity contribution in [3.63, 3.8) is 0 Å². The number of nitrogens with zero attached hydrogens (tertiary/aromatic N) is 1. The SMILES string of the molecule is CC1(C)C(/C=C/c2ccc(C(F)(F)F)cc2)=Nc2ccc3ccccc3c21. The van der Waals surface area contributed by atoms with Crippen LogP contribution in [-0.4, -0.2) is 5.71 Å². The van der Waals surface area contributed by atoms with E-state index in [1.165, 1.54) is 28.5 Å². The molecule has 0 fully saturated rings. The maximum Gasteiger partial charge on any atom is 0.416 e. The van der Waals surface area contributed by atoms with Crippen molar-refractivity contribution >= 4 is 28.2 Å². The molecule has 3 aromatic rings. The van der Waals surface area contributed by atoms with E-state index in [9.17, 15) is 13.2 Å². The van der Waals surface area contributed by atoms with E-state index < -0.39 is 11.7 Å². The van der Waals surface area contributed by atoms with Gasteiger partial charge in [0, 0.05) is 5.41 Å². The Bertz CT molecular complexity index is 1070.